The Morgan fingerprint density at radius 1 is 1.10 bits per heavy atom. The molecule has 1 unspecified atom stereocenters. The van der Waals surface area contributed by atoms with Crippen LogP contribution in [0.15, 0.2) is 58.9 Å². The van der Waals surface area contributed by atoms with Gasteiger partial charge in [0.05, 0.1) is 19.3 Å². The Balaban J connectivity index is 2.01. The fourth-order valence-electron chi connectivity index (χ4n) is 4.66. The minimum atomic E-state index is -0.446. The summed E-state index contributed by atoms with van der Waals surface area (Å²) in [6, 6.07) is 11.9. The van der Waals surface area contributed by atoms with Crippen LogP contribution in [0.25, 0.3) is 10.8 Å². The normalized spacial score (nSPS) is 18.9. The number of esters is 1. The summed E-state index contributed by atoms with van der Waals surface area (Å²) in [7, 11) is 1.65. The van der Waals surface area contributed by atoms with Gasteiger partial charge in [0.25, 0.3) is 0 Å². The number of allylic oxidation sites excluding steroid dienone is 3. The van der Waals surface area contributed by atoms with E-state index in [1.165, 1.54) is 0 Å². The zero-order valence-corrected chi connectivity index (χ0v) is 17.7. The molecule has 156 valence electrons. The largest absolute Gasteiger partial charge is 0.496 e. The molecular weight excluding hydrogens is 378 g/mol. The third-order valence-electron chi connectivity index (χ3n) is 5.96. The predicted octanol–water partition coefficient (Wildman–Crippen LogP) is 4.77. The maximum Gasteiger partial charge on any atom is 0.336 e. The first kappa shape index (κ1) is 20.2. The van der Waals surface area contributed by atoms with Crippen molar-refractivity contribution in [3.63, 3.8) is 0 Å². The fourth-order valence-corrected chi connectivity index (χ4v) is 4.66. The van der Waals surface area contributed by atoms with Crippen molar-refractivity contribution >= 4 is 22.5 Å². The van der Waals surface area contributed by atoms with Crippen molar-refractivity contribution in [3.05, 3.63) is 64.5 Å². The molecule has 0 aromatic heterocycles. The number of ketones is 1. The lowest BCUT2D eigenvalue weighted by Crippen LogP contribution is -2.35. The second-order valence-electron chi connectivity index (χ2n) is 7.60. The maximum atomic E-state index is 13.1. The molecule has 2 aliphatic rings. The van der Waals surface area contributed by atoms with Crippen LogP contribution in [-0.2, 0) is 14.3 Å². The number of hydrogen-bond donors (Lipinski definition) is 1. The zero-order valence-electron chi connectivity index (χ0n) is 17.7. The predicted molar refractivity (Wildman–Crippen MR) is 116 cm³/mol. The summed E-state index contributed by atoms with van der Waals surface area (Å²) in [5.74, 6) is 0.0611. The topological polar surface area (TPSA) is 64.6 Å². The van der Waals surface area contributed by atoms with E-state index < -0.39 is 5.92 Å². The maximum absolute atomic E-state index is 13.1. The van der Waals surface area contributed by atoms with Crippen molar-refractivity contribution < 1.29 is 19.1 Å². The highest BCUT2D eigenvalue weighted by Gasteiger charge is 2.40. The van der Waals surface area contributed by atoms with E-state index in [1.807, 2.05) is 43.3 Å². The Morgan fingerprint density at radius 3 is 2.57 bits per heavy atom. The number of benzene rings is 2. The summed E-state index contributed by atoms with van der Waals surface area (Å²) in [6.07, 6.45) is 2.80. The van der Waals surface area contributed by atoms with E-state index in [4.69, 9.17) is 9.47 Å². The Morgan fingerprint density at radius 2 is 1.87 bits per heavy atom. The van der Waals surface area contributed by atoms with E-state index in [9.17, 15) is 9.59 Å². The number of Topliss-reactive ketones (excluding diaryl/α,β-unsaturated/α-hetero) is 1. The van der Waals surface area contributed by atoms with Gasteiger partial charge in [-0.1, -0.05) is 37.3 Å². The molecular formula is C25H27NO4. The summed E-state index contributed by atoms with van der Waals surface area (Å²) in [6.45, 7) is 4.10. The molecule has 1 aliphatic heterocycles. The standard InChI is InChI=1S/C25H27NO4/c1-4-18-24(25(28)30-5-2)22(23-19(26-18)11-8-12-20(23)27)17-13-14-21(29-3)16-10-7-6-9-15(16)17/h6-7,9-10,13-14,22,26H,4-5,8,11-12H2,1-3H3. The molecule has 1 N–H and O–H groups in total. The van der Waals surface area contributed by atoms with E-state index in [1.54, 1.807) is 14.0 Å². The highest BCUT2D eigenvalue weighted by atomic mass is 16.5. The number of rotatable bonds is 5. The molecule has 4 rings (SSSR count). The molecule has 1 aliphatic carbocycles. The third kappa shape index (κ3) is 3.28. The molecule has 1 atom stereocenters. The lowest BCUT2D eigenvalue weighted by atomic mass is 9.73. The summed E-state index contributed by atoms with van der Waals surface area (Å²) >= 11 is 0. The Kier molecular flexibility index (Phi) is 5.62. The van der Waals surface area contributed by atoms with Gasteiger partial charge in [0.15, 0.2) is 5.78 Å². The molecule has 0 saturated heterocycles. The number of carbonyl (C=O) groups excluding carboxylic acids is 2. The second-order valence-corrected chi connectivity index (χ2v) is 7.60. The van der Waals surface area contributed by atoms with Crippen molar-refractivity contribution in [1.29, 1.82) is 0 Å². The Labute approximate surface area is 176 Å². The smallest absolute Gasteiger partial charge is 0.336 e. The second kappa shape index (κ2) is 8.34. The summed E-state index contributed by atoms with van der Waals surface area (Å²) in [4.78, 5) is 26.2. The first-order valence-corrected chi connectivity index (χ1v) is 10.6. The third-order valence-corrected chi connectivity index (χ3v) is 5.96. The van der Waals surface area contributed by atoms with Gasteiger partial charge in [-0.2, -0.15) is 0 Å². The minimum absolute atomic E-state index is 0.102. The van der Waals surface area contributed by atoms with Crippen LogP contribution in [0.3, 0.4) is 0 Å². The highest BCUT2D eigenvalue weighted by Crippen LogP contribution is 2.46. The first-order chi connectivity index (χ1) is 14.6. The van der Waals surface area contributed by atoms with E-state index in [0.717, 1.165) is 46.3 Å². The average Bonchev–Trinajstić information content (AvgIpc) is 2.77. The number of ether oxygens (including phenoxy) is 2. The van der Waals surface area contributed by atoms with Gasteiger partial charge in [-0.05, 0) is 43.2 Å². The molecule has 2 aromatic rings. The van der Waals surface area contributed by atoms with Crippen LogP contribution < -0.4 is 10.1 Å². The van der Waals surface area contributed by atoms with Crippen LogP contribution in [0, 0.1) is 0 Å². The number of dihydropyridines is 1. The van der Waals surface area contributed by atoms with Crippen LogP contribution in [-0.4, -0.2) is 25.5 Å². The zero-order chi connectivity index (χ0) is 21.3. The van der Waals surface area contributed by atoms with Crippen LogP contribution in [0.5, 0.6) is 5.75 Å². The van der Waals surface area contributed by atoms with Crippen LogP contribution in [0.4, 0.5) is 0 Å². The van der Waals surface area contributed by atoms with E-state index in [2.05, 4.69) is 5.32 Å². The van der Waals surface area contributed by atoms with Crippen molar-refractivity contribution in [2.24, 2.45) is 0 Å². The van der Waals surface area contributed by atoms with E-state index >= 15 is 0 Å². The number of fused-ring (bicyclic) bond motifs is 1. The summed E-state index contributed by atoms with van der Waals surface area (Å²) in [5.41, 5.74) is 3.97. The Bertz CT molecular complexity index is 1080. The van der Waals surface area contributed by atoms with Crippen molar-refractivity contribution in [2.75, 3.05) is 13.7 Å². The fraction of sp³-hybridized carbons (Fsp3) is 0.360. The van der Waals surface area contributed by atoms with Gasteiger partial charge < -0.3 is 14.8 Å². The summed E-state index contributed by atoms with van der Waals surface area (Å²) in [5, 5.41) is 5.35. The number of carbonyl (C=O) groups is 2. The van der Waals surface area contributed by atoms with Gasteiger partial charge in [0.2, 0.25) is 0 Å². The van der Waals surface area contributed by atoms with E-state index in [0.29, 0.717) is 24.0 Å². The highest BCUT2D eigenvalue weighted by molar-refractivity contribution is 6.05. The number of nitrogens with one attached hydrogen (secondary N) is 1. The van der Waals surface area contributed by atoms with Crippen LogP contribution >= 0.6 is 0 Å². The molecule has 0 amide bonds. The van der Waals surface area contributed by atoms with Crippen molar-refractivity contribution in [2.45, 2.75) is 45.4 Å². The van der Waals surface area contributed by atoms with Gasteiger partial charge >= 0.3 is 5.97 Å². The first-order valence-electron chi connectivity index (χ1n) is 10.6. The lowest BCUT2D eigenvalue weighted by molar-refractivity contribution is -0.138. The average molecular weight is 405 g/mol. The number of methoxy groups -OCH3 is 1. The quantitative estimate of drug-likeness (QED) is 0.726. The molecule has 5 nitrogen and oxygen atoms in total. The van der Waals surface area contributed by atoms with Crippen LogP contribution in [0.2, 0.25) is 0 Å². The number of hydrogen-bond acceptors (Lipinski definition) is 5. The molecule has 0 saturated carbocycles. The molecule has 5 heteroatoms. The SMILES string of the molecule is CCOC(=O)C1=C(CC)NC2=C(C(=O)CCC2)C1c1ccc(OC)c2ccccc12. The molecule has 0 fully saturated rings. The Hall–Kier alpha value is -3.08. The van der Waals surface area contributed by atoms with Crippen molar-refractivity contribution in [3.8, 4) is 5.75 Å². The van der Waals surface area contributed by atoms with Crippen LogP contribution in [0.1, 0.15) is 51.0 Å². The van der Waals surface area contributed by atoms with Gasteiger partial charge in [-0.15, -0.1) is 0 Å². The van der Waals surface area contributed by atoms with Gasteiger partial charge in [-0.25, -0.2) is 4.79 Å². The minimum Gasteiger partial charge on any atom is -0.496 e. The van der Waals surface area contributed by atoms with Gasteiger partial charge in [0.1, 0.15) is 5.75 Å². The monoisotopic (exact) mass is 405 g/mol. The molecule has 0 radical (unpaired) electrons. The van der Waals surface area contributed by atoms with E-state index in [-0.39, 0.29) is 18.4 Å². The molecule has 0 spiro atoms. The molecule has 30 heavy (non-hydrogen) atoms. The van der Waals surface area contributed by atoms with Gasteiger partial charge in [-0.3, -0.25) is 4.79 Å². The molecule has 1 heterocycles. The molecule has 2 aromatic carbocycles. The lowest BCUT2D eigenvalue weighted by Gasteiger charge is -2.35. The summed E-state index contributed by atoms with van der Waals surface area (Å²) < 4.78 is 11.0. The van der Waals surface area contributed by atoms with Gasteiger partial charge in [0, 0.05) is 34.7 Å². The van der Waals surface area contributed by atoms with Crippen molar-refractivity contribution in [1.82, 2.24) is 5.32 Å². The molecule has 0 bridgehead atoms.